The first kappa shape index (κ1) is 11.5. The van der Waals surface area contributed by atoms with E-state index in [-0.39, 0.29) is 5.91 Å². The summed E-state index contributed by atoms with van der Waals surface area (Å²) in [5.74, 6) is -0.134. The molecule has 0 spiro atoms. The quantitative estimate of drug-likeness (QED) is 0.725. The maximum atomic E-state index is 11.8. The summed E-state index contributed by atoms with van der Waals surface area (Å²) in [6, 6.07) is 3.79. The summed E-state index contributed by atoms with van der Waals surface area (Å²) >= 11 is 1.47. The molecule has 0 radical (unpaired) electrons. The lowest BCUT2D eigenvalue weighted by atomic mass is 10.2. The minimum atomic E-state index is -0.134. The van der Waals surface area contributed by atoms with Gasteiger partial charge in [0, 0.05) is 25.5 Å². The van der Waals surface area contributed by atoms with Gasteiger partial charge in [-0.25, -0.2) is 0 Å². The molecule has 1 saturated heterocycles. The Bertz CT molecular complexity index is 518. The molecule has 5 heteroatoms. The van der Waals surface area contributed by atoms with Gasteiger partial charge in [0.1, 0.15) is 0 Å². The number of carbonyl (C=O) groups is 1. The van der Waals surface area contributed by atoms with Gasteiger partial charge in [0.2, 0.25) is 0 Å². The minimum Gasteiger partial charge on any atom is -0.351 e. The van der Waals surface area contributed by atoms with Gasteiger partial charge in [-0.3, -0.25) is 9.78 Å². The van der Waals surface area contributed by atoms with Crippen molar-refractivity contribution in [2.75, 3.05) is 13.1 Å². The van der Waals surface area contributed by atoms with Gasteiger partial charge in [0.05, 0.1) is 4.91 Å². The molecule has 0 saturated carbocycles. The standard InChI is InChI=1S/C13H13N3OS/c17-12-11(8-10-4-3-5-14-9-10)18-13(15-12)16-6-1-2-7-16/h3-5,8-9H,1-2,6-7H2/b11-8+. The second-order valence-corrected chi connectivity index (χ2v) is 5.30. The maximum Gasteiger partial charge on any atom is 0.286 e. The zero-order chi connectivity index (χ0) is 12.4. The number of thioether (sulfide) groups is 1. The van der Waals surface area contributed by atoms with Crippen LogP contribution in [0.2, 0.25) is 0 Å². The van der Waals surface area contributed by atoms with Crippen LogP contribution in [-0.4, -0.2) is 34.0 Å². The number of hydrogen-bond acceptors (Lipinski definition) is 4. The van der Waals surface area contributed by atoms with Crippen molar-refractivity contribution in [3.8, 4) is 0 Å². The fraction of sp³-hybridized carbons (Fsp3) is 0.308. The highest BCUT2D eigenvalue weighted by Gasteiger charge is 2.27. The summed E-state index contributed by atoms with van der Waals surface area (Å²) in [6.45, 7) is 2.03. The fourth-order valence-corrected chi connectivity index (χ4v) is 3.02. The van der Waals surface area contributed by atoms with Gasteiger partial charge in [-0.2, -0.15) is 4.99 Å². The smallest absolute Gasteiger partial charge is 0.286 e. The van der Waals surface area contributed by atoms with E-state index < -0.39 is 0 Å². The lowest BCUT2D eigenvalue weighted by Crippen LogP contribution is -2.23. The third kappa shape index (κ3) is 2.31. The molecule has 2 aliphatic rings. The number of hydrogen-bond donors (Lipinski definition) is 0. The van der Waals surface area contributed by atoms with Crippen LogP contribution in [0.15, 0.2) is 34.4 Å². The molecule has 0 aromatic carbocycles. The zero-order valence-electron chi connectivity index (χ0n) is 9.87. The second-order valence-electron chi connectivity index (χ2n) is 4.29. The summed E-state index contributed by atoms with van der Waals surface area (Å²) < 4.78 is 0. The molecule has 1 aromatic heterocycles. The SMILES string of the molecule is O=C1N=C(N2CCCC2)S/C1=C/c1cccnc1. The van der Waals surface area contributed by atoms with E-state index in [9.17, 15) is 4.79 Å². The molecular weight excluding hydrogens is 246 g/mol. The molecule has 3 heterocycles. The van der Waals surface area contributed by atoms with E-state index in [2.05, 4.69) is 14.9 Å². The number of rotatable bonds is 1. The Hall–Kier alpha value is -1.62. The number of carbonyl (C=O) groups excluding carboxylic acids is 1. The second kappa shape index (κ2) is 4.94. The van der Waals surface area contributed by atoms with E-state index >= 15 is 0 Å². The number of aromatic nitrogens is 1. The summed E-state index contributed by atoms with van der Waals surface area (Å²) in [5.41, 5.74) is 0.936. The molecule has 0 atom stereocenters. The third-order valence-electron chi connectivity index (χ3n) is 2.97. The molecule has 3 rings (SSSR count). The van der Waals surface area contributed by atoms with Gasteiger partial charge < -0.3 is 4.90 Å². The Morgan fingerprint density at radius 1 is 1.33 bits per heavy atom. The van der Waals surface area contributed by atoms with Gasteiger partial charge in [-0.05, 0) is 42.3 Å². The monoisotopic (exact) mass is 259 g/mol. The normalized spacial score (nSPS) is 21.8. The Kier molecular flexibility index (Phi) is 3.15. The summed E-state index contributed by atoms with van der Waals surface area (Å²) in [5, 5.41) is 0.854. The number of amides is 1. The zero-order valence-corrected chi connectivity index (χ0v) is 10.7. The molecule has 0 aliphatic carbocycles. The lowest BCUT2D eigenvalue weighted by Gasteiger charge is -2.14. The molecule has 4 nitrogen and oxygen atoms in total. The maximum absolute atomic E-state index is 11.8. The van der Waals surface area contributed by atoms with Gasteiger partial charge in [0.25, 0.3) is 5.91 Å². The van der Waals surface area contributed by atoms with E-state index in [1.54, 1.807) is 12.4 Å². The first-order valence-electron chi connectivity index (χ1n) is 6.00. The van der Waals surface area contributed by atoms with Crippen molar-refractivity contribution in [1.82, 2.24) is 9.88 Å². The van der Waals surface area contributed by atoms with Crippen molar-refractivity contribution >= 4 is 28.9 Å². The Labute approximate surface area is 110 Å². The van der Waals surface area contributed by atoms with Crippen molar-refractivity contribution < 1.29 is 4.79 Å². The summed E-state index contributed by atoms with van der Waals surface area (Å²) in [6.07, 6.45) is 7.70. The number of pyridine rings is 1. The Balaban J connectivity index is 1.77. The minimum absolute atomic E-state index is 0.134. The van der Waals surface area contributed by atoms with Gasteiger partial charge in [-0.1, -0.05) is 6.07 Å². The molecule has 0 unspecified atom stereocenters. The van der Waals surface area contributed by atoms with Gasteiger partial charge in [0.15, 0.2) is 5.17 Å². The first-order valence-corrected chi connectivity index (χ1v) is 6.82. The van der Waals surface area contributed by atoms with Crippen LogP contribution in [0.25, 0.3) is 6.08 Å². The molecule has 1 aromatic rings. The molecule has 0 bridgehead atoms. The van der Waals surface area contributed by atoms with Crippen molar-refractivity contribution in [3.63, 3.8) is 0 Å². The van der Waals surface area contributed by atoms with Crippen LogP contribution in [0, 0.1) is 0 Å². The topological polar surface area (TPSA) is 45.6 Å². The van der Waals surface area contributed by atoms with Crippen LogP contribution in [0.3, 0.4) is 0 Å². The first-order chi connectivity index (χ1) is 8.83. The molecule has 2 aliphatic heterocycles. The van der Waals surface area contributed by atoms with Crippen molar-refractivity contribution in [2.24, 2.45) is 4.99 Å². The van der Waals surface area contributed by atoms with Crippen LogP contribution in [-0.2, 0) is 4.79 Å². The summed E-state index contributed by atoms with van der Waals surface area (Å²) in [4.78, 5) is 22.9. The van der Waals surface area contributed by atoms with Gasteiger partial charge >= 0.3 is 0 Å². The highest BCUT2D eigenvalue weighted by Crippen LogP contribution is 2.31. The molecular formula is C13H13N3OS. The predicted molar refractivity (Wildman–Crippen MR) is 73.1 cm³/mol. The Morgan fingerprint density at radius 3 is 2.89 bits per heavy atom. The van der Waals surface area contributed by atoms with Crippen molar-refractivity contribution in [1.29, 1.82) is 0 Å². The highest BCUT2D eigenvalue weighted by atomic mass is 32.2. The van der Waals surface area contributed by atoms with E-state index in [0.717, 1.165) is 23.8 Å². The van der Waals surface area contributed by atoms with Crippen LogP contribution < -0.4 is 0 Å². The average Bonchev–Trinajstić information content (AvgIpc) is 3.01. The van der Waals surface area contributed by atoms with Crippen LogP contribution in [0.1, 0.15) is 18.4 Å². The number of aliphatic imine (C=N–C) groups is 1. The van der Waals surface area contributed by atoms with E-state index in [1.807, 2.05) is 18.2 Å². The highest BCUT2D eigenvalue weighted by molar-refractivity contribution is 8.18. The number of likely N-dealkylation sites (tertiary alicyclic amines) is 1. The molecule has 0 N–H and O–H groups in total. The van der Waals surface area contributed by atoms with Crippen LogP contribution in [0.5, 0.6) is 0 Å². The van der Waals surface area contributed by atoms with Crippen molar-refractivity contribution in [2.45, 2.75) is 12.8 Å². The fourth-order valence-electron chi connectivity index (χ4n) is 2.05. The molecule has 1 fully saturated rings. The molecule has 1 amide bonds. The third-order valence-corrected chi connectivity index (χ3v) is 4.01. The van der Waals surface area contributed by atoms with Crippen LogP contribution >= 0.6 is 11.8 Å². The number of amidine groups is 1. The van der Waals surface area contributed by atoms with Crippen molar-refractivity contribution in [3.05, 3.63) is 35.0 Å². The van der Waals surface area contributed by atoms with E-state index in [4.69, 9.17) is 0 Å². The van der Waals surface area contributed by atoms with E-state index in [1.165, 1.54) is 24.6 Å². The number of nitrogens with zero attached hydrogens (tertiary/aromatic N) is 3. The Morgan fingerprint density at radius 2 is 2.17 bits per heavy atom. The lowest BCUT2D eigenvalue weighted by molar-refractivity contribution is -0.113. The van der Waals surface area contributed by atoms with E-state index in [0.29, 0.717) is 4.91 Å². The van der Waals surface area contributed by atoms with Crippen LogP contribution in [0.4, 0.5) is 0 Å². The predicted octanol–water partition coefficient (Wildman–Crippen LogP) is 2.15. The summed E-state index contributed by atoms with van der Waals surface area (Å²) in [7, 11) is 0. The van der Waals surface area contributed by atoms with Gasteiger partial charge in [-0.15, -0.1) is 0 Å². The molecule has 18 heavy (non-hydrogen) atoms. The largest absolute Gasteiger partial charge is 0.351 e. The average molecular weight is 259 g/mol. The molecule has 92 valence electrons.